The van der Waals surface area contributed by atoms with Crippen molar-refractivity contribution in [3.8, 4) is 0 Å². The minimum absolute atomic E-state index is 0.907. The van der Waals surface area contributed by atoms with Crippen molar-refractivity contribution in [1.29, 1.82) is 0 Å². The third-order valence-electron chi connectivity index (χ3n) is 4.37. The fourth-order valence-electron chi connectivity index (χ4n) is 2.47. The van der Waals surface area contributed by atoms with Crippen LogP contribution in [0.4, 0.5) is 0 Å². The lowest BCUT2D eigenvalue weighted by Crippen LogP contribution is -1.96. The summed E-state index contributed by atoms with van der Waals surface area (Å²) in [5.74, 6) is 7.49. The molecule has 0 spiro atoms. The van der Waals surface area contributed by atoms with Gasteiger partial charge in [0.1, 0.15) is 0 Å². The first-order chi connectivity index (χ1) is 11.3. The molecule has 0 rings (SSSR count). The maximum Gasteiger partial charge on any atom is -0.00419 e. The minimum atomic E-state index is 0.907. The van der Waals surface area contributed by atoms with Crippen LogP contribution in [-0.4, -0.2) is 28.8 Å². The molecule has 1 unspecified atom stereocenters. The van der Waals surface area contributed by atoms with Gasteiger partial charge in [0.2, 0.25) is 0 Å². The van der Waals surface area contributed by atoms with Crippen molar-refractivity contribution in [2.45, 2.75) is 90.9 Å². The first-order valence-electron chi connectivity index (χ1n) is 10.1. The second-order valence-electron chi connectivity index (χ2n) is 6.81. The molecule has 0 N–H and O–H groups in total. The van der Waals surface area contributed by atoms with E-state index >= 15 is 0 Å². The standard InChI is InChI=1S/C20H42S3/c1-3-20(2)19-23-18-14-10-6-9-13-17-22-16-12-8-5-4-7-11-15-21/h20-21H,3-19H2,1-2H3. The highest BCUT2D eigenvalue weighted by Gasteiger charge is 1.98. The molecule has 0 aromatic rings. The van der Waals surface area contributed by atoms with E-state index in [1.165, 1.54) is 100 Å². The lowest BCUT2D eigenvalue weighted by atomic mass is 10.1. The Kier molecular flexibility index (Phi) is 22.1. The monoisotopic (exact) mass is 378 g/mol. The highest BCUT2D eigenvalue weighted by atomic mass is 32.2. The van der Waals surface area contributed by atoms with Gasteiger partial charge in [0.15, 0.2) is 0 Å². The third kappa shape index (κ3) is 21.0. The summed E-state index contributed by atoms with van der Waals surface area (Å²) < 4.78 is 0. The van der Waals surface area contributed by atoms with Crippen molar-refractivity contribution in [2.75, 3.05) is 28.8 Å². The summed E-state index contributed by atoms with van der Waals surface area (Å²) in [6.07, 6.45) is 17.0. The summed E-state index contributed by atoms with van der Waals surface area (Å²) >= 11 is 8.60. The fourth-order valence-corrected chi connectivity index (χ4v) is 4.92. The lowest BCUT2D eigenvalue weighted by Gasteiger charge is -2.07. The van der Waals surface area contributed by atoms with E-state index in [-0.39, 0.29) is 0 Å². The molecule has 1 atom stereocenters. The Hall–Kier alpha value is 1.05. The van der Waals surface area contributed by atoms with E-state index in [2.05, 4.69) is 50.0 Å². The number of unbranched alkanes of at least 4 members (excludes halogenated alkanes) is 9. The summed E-state index contributed by atoms with van der Waals surface area (Å²) in [5, 5.41) is 0. The third-order valence-corrected chi connectivity index (χ3v) is 7.23. The van der Waals surface area contributed by atoms with E-state index in [0.29, 0.717) is 0 Å². The zero-order chi connectivity index (χ0) is 17.0. The van der Waals surface area contributed by atoms with Gasteiger partial charge in [-0.1, -0.05) is 65.2 Å². The maximum atomic E-state index is 4.25. The van der Waals surface area contributed by atoms with E-state index in [0.717, 1.165) is 11.7 Å². The number of thioether (sulfide) groups is 2. The van der Waals surface area contributed by atoms with Crippen molar-refractivity contribution in [3.05, 3.63) is 0 Å². The van der Waals surface area contributed by atoms with Gasteiger partial charge in [0, 0.05) is 0 Å². The van der Waals surface area contributed by atoms with Crippen LogP contribution in [-0.2, 0) is 0 Å². The van der Waals surface area contributed by atoms with E-state index in [1.807, 2.05) is 0 Å². The van der Waals surface area contributed by atoms with Crippen LogP contribution < -0.4 is 0 Å². The molecule has 0 heterocycles. The van der Waals surface area contributed by atoms with E-state index in [4.69, 9.17) is 0 Å². The maximum absolute atomic E-state index is 4.25. The Morgan fingerprint density at radius 3 is 1.57 bits per heavy atom. The number of hydrogen-bond donors (Lipinski definition) is 1. The molecule has 0 radical (unpaired) electrons. The van der Waals surface area contributed by atoms with Crippen molar-refractivity contribution in [2.24, 2.45) is 5.92 Å². The van der Waals surface area contributed by atoms with Gasteiger partial charge < -0.3 is 0 Å². The molecule has 0 aliphatic carbocycles. The number of hydrogen-bond acceptors (Lipinski definition) is 3. The molecular weight excluding hydrogens is 336 g/mol. The number of thiol groups is 1. The largest absolute Gasteiger partial charge is 0.179 e. The van der Waals surface area contributed by atoms with Crippen LogP contribution in [0, 0.1) is 5.92 Å². The van der Waals surface area contributed by atoms with Crippen LogP contribution in [0.1, 0.15) is 90.9 Å². The molecule has 23 heavy (non-hydrogen) atoms. The summed E-state index contributed by atoms with van der Waals surface area (Å²) in [6.45, 7) is 4.67. The van der Waals surface area contributed by atoms with Gasteiger partial charge in [0.05, 0.1) is 0 Å². The first-order valence-corrected chi connectivity index (χ1v) is 13.0. The average molecular weight is 379 g/mol. The number of rotatable bonds is 19. The van der Waals surface area contributed by atoms with Gasteiger partial charge in [0.25, 0.3) is 0 Å². The molecule has 0 aromatic heterocycles. The molecule has 3 heteroatoms. The second-order valence-corrected chi connectivity index (χ2v) is 9.64. The van der Waals surface area contributed by atoms with Crippen molar-refractivity contribution in [3.63, 3.8) is 0 Å². The highest BCUT2D eigenvalue weighted by Crippen LogP contribution is 2.15. The summed E-state index contributed by atoms with van der Waals surface area (Å²) in [4.78, 5) is 0. The van der Waals surface area contributed by atoms with E-state index < -0.39 is 0 Å². The normalized spacial score (nSPS) is 12.7. The van der Waals surface area contributed by atoms with Crippen LogP contribution in [0.2, 0.25) is 0 Å². The van der Waals surface area contributed by atoms with Gasteiger partial charge in [-0.2, -0.15) is 36.2 Å². The summed E-state index contributed by atoms with van der Waals surface area (Å²) in [7, 11) is 0. The second kappa shape index (κ2) is 21.1. The van der Waals surface area contributed by atoms with Gasteiger partial charge in [-0.05, 0) is 60.4 Å². The molecule has 0 aromatic carbocycles. The lowest BCUT2D eigenvalue weighted by molar-refractivity contribution is 0.629. The van der Waals surface area contributed by atoms with Gasteiger partial charge in [-0.25, -0.2) is 0 Å². The van der Waals surface area contributed by atoms with E-state index in [1.54, 1.807) is 0 Å². The fraction of sp³-hybridized carbons (Fsp3) is 1.00. The summed E-state index contributed by atoms with van der Waals surface area (Å²) in [5.41, 5.74) is 0. The molecular formula is C20H42S3. The first kappa shape index (κ1) is 24.1. The Labute approximate surface area is 161 Å². The Morgan fingerprint density at radius 2 is 1.09 bits per heavy atom. The Balaban J connectivity index is 2.97. The van der Waals surface area contributed by atoms with Gasteiger partial charge in [-0.3, -0.25) is 0 Å². The molecule has 0 amide bonds. The topological polar surface area (TPSA) is 0 Å². The van der Waals surface area contributed by atoms with Crippen LogP contribution in [0.3, 0.4) is 0 Å². The summed E-state index contributed by atoms with van der Waals surface area (Å²) in [6, 6.07) is 0. The van der Waals surface area contributed by atoms with Crippen LogP contribution in [0.5, 0.6) is 0 Å². The molecule has 140 valence electrons. The molecule has 0 saturated carbocycles. The average Bonchev–Trinajstić information content (AvgIpc) is 2.57. The minimum Gasteiger partial charge on any atom is -0.179 e. The smallest absolute Gasteiger partial charge is 0.00419 e. The molecule has 0 nitrogen and oxygen atoms in total. The molecule has 0 fully saturated rings. The SMILES string of the molecule is CCC(C)CSCCCCCCCSCCCCCCCCS. The highest BCUT2D eigenvalue weighted by molar-refractivity contribution is 7.99. The zero-order valence-corrected chi connectivity index (χ0v) is 18.4. The Morgan fingerprint density at radius 1 is 0.652 bits per heavy atom. The van der Waals surface area contributed by atoms with Crippen molar-refractivity contribution < 1.29 is 0 Å². The predicted octanol–water partition coefficient (Wildman–Crippen LogP) is 7.72. The molecule has 0 aliphatic rings. The molecule has 0 aliphatic heterocycles. The van der Waals surface area contributed by atoms with Crippen molar-refractivity contribution in [1.82, 2.24) is 0 Å². The Bertz CT molecular complexity index is 209. The van der Waals surface area contributed by atoms with Crippen molar-refractivity contribution >= 4 is 36.2 Å². The van der Waals surface area contributed by atoms with E-state index in [9.17, 15) is 0 Å². The quantitative estimate of drug-likeness (QED) is 0.180. The zero-order valence-electron chi connectivity index (χ0n) is 15.9. The van der Waals surface area contributed by atoms with Crippen LogP contribution in [0.25, 0.3) is 0 Å². The van der Waals surface area contributed by atoms with Crippen LogP contribution >= 0.6 is 36.2 Å². The van der Waals surface area contributed by atoms with Crippen LogP contribution in [0.15, 0.2) is 0 Å². The molecule has 0 bridgehead atoms. The predicted molar refractivity (Wildman–Crippen MR) is 119 cm³/mol. The van der Waals surface area contributed by atoms with Gasteiger partial charge in [-0.15, -0.1) is 0 Å². The van der Waals surface area contributed by atoms with Gasteiger partial charge >= 0.3 is 0 Å². The molecule has 0 saturated heterocycles.